The van der Waals surface area contributed by atoms with Crippen LogP contribution in [-0.4, -0.2) is 37.5 Å². The SMILES string of the molecule is COC(=O)[C@@H](Cc1ccc(OCCn2c(C)ccc2C)cc1)OC. The van der Waals surface area contributed by atoms with Crippen LogP contribution in [0.25, 0.3) is 0 Å². The molecule has 0 fully saturated rings. The molecule has 0 aliphatic heterocycles. The summed E-state index contributed by atoms with van der Waals surface area (Å²) in [5, 5.41) is 0. The van der Waals surface area contributed by atoms with Crippen LogP contribution in [0.5, 0.6) is 5.75 Å². The van der Waals surface area contributed by atoms with Gasteiger partial charge in [-0.3, -0.25) is 0 Å². The minimum atomic E-state index is -0.582. The monoisotopic (exact) mass is 331 g/mol. The second-order valence-corrected chi connectivity index (χ2v) is 5.71. The van der Waals surface area contributed by atoms with Gasteiger partial charge in [-0.2, -0.15) is 0 Å². The number of benzene rings is 1. The number of ether oxygens (including phenoxy) is 3. The van der Waals surface area contributed by atoms with Gasteiger partial charge < -0.3 is 18.8 Å². The van der Waals surface area contributed by atoms with Crippen LogP contribution in [0.3, 0.4) is 0 Å². The zero-order valence-electron chi connectivity index (χ0n) is 14.7. The summed E-state index contributed by atoms with van der Waals surface area (Å²) in [6.07, 6.45) is -0.105. The van der Waals surface area contributed by atoms with Crippen molar-refractivity contribution in [1.29, 1.82) is 0 Å². The highest BCUT2D eigenvalue weighted by Crippen LogP contribution is 2.15. The van der Waals surface area contributed by atoms with E-state index in [1.54, 1.807) is 0 Å². The van der Waals surface area contributed by atoms with Crippen LogP contribution < -0.4 is 4.74 Å². The van der Waals surface area contributed by atoms with Crippen LogP contribution in [0.4, 0.5) is 0 Å². The van der Waals surface area contributed by atoms with Gasteiger partial charge in [-0.05, 0) is 43.7 Å². The van der Waals surface area contributed by atoms with Crippen LogP contribution in [0.1, 0.15) is 17.0 Å². The number of rotatable bonds is 8. The van der Waals surface area contributed by atoms with Gasteiger partial charge in [-0.1, -0.05) is 12.1 Å². The van der Waals surface area contributed by atoms with E-state index in [1.165, 1.54) is 25.6 Å². The van der Waals surface area contributed by atoms with Crippen LogP contribution in [0.15, 0.2) is 36.4 Å². The van der Waals surface area contributed by atoms with Gasteiger partial charge in [0, 0.05) is 24.9 Å². The number of nitrogens with zero attached hydrogens (tertiary/aromatic N) is 1. The number of esters is 1. The van der Waals surface area contributed by atoms with E-state index < -0.39 is 6.10 Å². The molecule has 1 aromatic heterocycles. The first-order valence-corrected chi connectivity index (χ1v) is 8.00. The maximum atomic E-state index is 11.5. The van der Waals surface area contributed by atoms with Gasteiger partial charge in [-0.25, -0.2) is 4.79 Å². The molecule has 0 radical (unpaired) electrons. The number of carbonyl (C=O) groups excluding carboxylic acids is 1. The topological polar surface area (TPSA) is 49.7 Å². The molecule has 24 heavy (non-hydrogen) atoms. The van der Waals surface area contributed by atoms with E-state index in [4.69, 9.17) is 14.2 Å². The third kappa shape index (κ3) is 4.61. The predicted octanol–water partition coefficient (Wildman–Crippen LogP) is 2.91. The smallest absolute Gasteiger partial charge is 0.335 e. The molecule has 130 valence electrons. The molecule has 0 aliphatic carbocycles. The normalized spacial score (nSPS) is 12.0. The quantitative estimate of drug-likeness (QED) is 0.698. The minimum Gasteiger partial charge on any atom is -0.492 e. The van der Waals surface area contributed by atoms with Crippen LogP contribution in [-0.2, 0) is 27.2 Å². The van der Waals surface area contributed by atoms with Crippen molar-refractivity contribution in [3.05, 3.63) is 53.3 Å². The number of hydrogen-bond acceptors (Lipinski definition) is 4. The zero-order chi connectivity index (χ0) is 17.5. The Hall–Kier alpha value is -2.27. The summed E-state index contributed by atoms with van der Waals surface area (Å²) in [6.45, 7) is 5.61. The van der Waals surface area contributed by atoms with Gasteiger partial charge in [0.25, 0.3) is 0 Å². The van der Waals surface area contributed by atoms with E-state index in [9.17, 15) is 4.79 Å². The molecule has 5 nitrogen and oxygen atoms in total. The maximum Gasteiger partial charge on any atom is 0.335 e. The molecule has 1 aromatic carbocycles. The van der Waals surface area contributed by atoms with Gasteiger partial charge in [0.1, 0.15) is 12.4 Å². The number of methoxy groups -OCH3 is 2. The Morgan fingerprint density at radius 3 is 2.21 bits per heavy atom. The molecular weight excluding hydrogens is 306 g/mol. The molecule has 2 rings (SSSR count). The summed E-state index contributed by atoms with van der Waals surface area (Å²) in [4.78, 5) is 11.5. The Morgan fingerprint density at radius 2 is 1.67 bits per heavy atom. The molecule has 1 atom stereocenters. The van der Waals surface area contributed by atoms with Crippen molar-refractivity contribution in [2.75, 3.05) is 20.8 Å². The summed E-state index contributed by atoms with van der Waals surface area (Å²) >= 11 is 0. The van der Waals surface area contributed by atoms with Crippen molar-refractivity contribution in [3.8, 4) is 5.75 Å². The Kier molecular flexibility index (Phi) is 6.44. The number of aryl methyl sites for hydroxylation is 2. The lowest BCUT2D eigenvalue weighted by Crippen LogP contribution is -2.26. The molecule has 0 saturated carbocycles. The number of carbonyl (C=O) groups is 1. The second-order valence-electron chi connectivity index (χ2n) is 5.71. The molecule has 0 saturated heterocycles. The van der Waals surface area contributed by atoms with Gasteiger partial charge in [-0.15, -0.1) is 0 Å². The summed E-state index contributed by atoms with van der Waals surface area (Å²) in [5.74, 6) is 0.448. The third-order valence-electron chi connectivity index (χ3n) is 4.09. The third-order valence-corrected chi connectivity index (χ3v) is 4.09. The Morgan fingerprint density at radius 1 is 1.04 bits per heavy atom. The first kappa shape index (κ1) is 18.1. The first-order chi connectivity index (χ1) is 11.5. The highest BCUT2D eigenvalue weighted by molar-refractivity contribution is 5.74. The van der Waals surface area contributed by atoms with Crippen molar-refractivity contribution < 1.29 is 19.0 Å². The molecular formula is C19H25NO4. The summed E-state index contributed by atoms with van der Waals surface area (Å²) < 4.78 is 17.9. The van der Waals surface area contributed by atoms with E-state index in [0.29, 0.717) is 13.0 Å². The lowest BCUT2D eigenvalue weighted by molar-refractivity contribution is -0.152. The molecule has 0 amide bonds. The first-order valence-electron chi connectivity index (χ1n) is 8.00. The molecule has 0 spiro atoms. The molecule has 0 bridgehead atoms. The lowest BCUT2D eigenvalue weighted by Gasteiger charge is -2.14. The minimum absolute atomic E-state index is 0.365. The zero-order valence-corrected chi connectivity index (χ0v) is 14.7. The fourth-order valence-corrected chi connectivity index (χ4v) is 2.64. The molecule has 0 unspecified atom stereocenters. The van der Waals surface area contributed by atoms with Gasteiger partial charge >= 0.3 is 5.97 Å². The van der Waals surface area contributed by atoms with E-state index in [1.807, 2.05) is 24.3 Å². The summed E-state index contributed by atoms with van der Waals surface area (Å²) in [5.41, 5.74) is 3.47. The molecule has 0 aliphatic rings. The van der Waals surface area contributed by atoms with Crippen molar-refractivity contribution >= 4 is 5.97 Å². The average molecular weight is 331 g/mol. The molecule has 5 heteroatoms. The Balaban J connectivity index is 1.87. The molecule has 1 heterocycles. The van der Waals surface area contributed by atoms with Gasteiger partial charge in [0.2, 0.25) is 0 Å². The maximum absolute atomic E-state index is 11.5. The van der Waals surface area contributed by atoms with E-state index in [0.717, 1.165) is 17.9 Å². The largest absolute Gasteiger partial charge is 0.492 e. The molecule has 0 N–H and O–H groups in total. The van der Waals surface area contributed by atoms with Crippen molar-refractivity contribution in [2.24, 2.45) is 0 Å². The highest BCUT2D eigenvalue weighted by atomic mass is 16.6. The number of hydrogen-bond donors (Lipinski definition) is 0. The highest BCUT2D eigenvalue weighted by Gasteiger charge is 2.18. The van der Waals surface area contributed by atoms with E-state index in [2.05, 4.69) is 30.5 Å². The van der Waals surface area contributed by atoms with Gasteiger partial charge in [0.05, 0.1) is 13.7 Å². The summed E-state index contributed by atoms with van der Waals surface area (Å²) in [6, 6.07) is 11.9. The fraction of sp³-hybridized carbons (Fsp3) is 0.421. The average Bonchev–Trinajstić information content (AvgIpc) is 2.92. The van der Waals surface area contributed by atoms with Crippen LogP contribution in [0, 0.1) is 13.8 Å². The van der Waals surface area contributed by atoms with Crippen molar-refractivity contribution in [1.82, 2.24) is 4.57 Å². The summed E-state index contributed by atoms with van der Waals surface area (Å²) in [7, 11) is 2.86. The predicted molar refractivity (Wildman–Crippen MR) is 92.4 cm³/mol. The van der Waals surface area contributed by atoms with Crippen LogP contribution >= 0.6 is 0 Å². The van der Waals surface area contributed by atoms with Gasteiger partial charge in [0.15, 0.2) is 6.10 Å². The van der Waals surface area contributed by atoms with Crippen molar-refractivity contribution in [2.45, 2.75) is 32.9 Å². The fourth-order valence-electron chi connectivity index (χ4n) is 2.64. The lowest BCUT2D eigenvalue weighted by atomic mass is 10.1. The van der Waals surface area contributed by atoms with Crippen molar-refractivity contribution in [3.63, 3.8) is 0 Å². The van der Waals surface area contributed by atoms with Crippen LogP contribution in [0.2, 0.25) is 0 Å². The Labute approximate surface area is 143 Å². The molecule has 2 aromatic rings. The van der Waals surface area contributed by atoms with E-state index in [-0.39, 0.29) is 5.97 Å². The Bertz CT molecular complexity index is 641. The van der Waals surface area contributed by atoms with E-state index >= 15 is 0 Å². The number of aromatic nitrogens is 1. The second kappa shape index (κ2) is 8.55. The standard InChI is InChI=1S/C19H25NO4/c1-14-5-6-15(2)20(14)11-12-24-17-9-7-16(8-10-17)13-18(22-3)19(21)23-4/h5-10,18H,11-13H2,1-4H3/t18-/m1/s1.